The van der Waals surface area contributed by atoms with Gasteiger partial charge in [0.25, 0.3) is 0 Å². The molecule has 1 aromatic rings. The molecule has 1 unspecified atom stereocenters. The summed E-state index contributed by atoms with van der Waals surface area (Å²) in [7, 11) is 1.35. The average Bonchev–Trinajstić information content (AvgIpc) is 3.04. The molecule has 1 saturated heterocycles. The molecule has 0 bridgehead atoms. The predicted octanol–water partition coefficient (Wildman–Crippen LogP) is 3.19. The van der Waals surface area contributed by atoms with Crippen molar-refractivity contribution < 1.29 is 28.7 Å². The van der Waals surface area contributed by atoms with Crippen LogP contribution in [0, 0.1) is 0 Å². The van der Waals surface area contributed by atoms with Crippen LogP contribution < -0.4 is 4.72 Å². The van der Waals surface area contributed by atoms with Crippen molar-refractivity contribution in [3.05, 3.63) is 41.3 Å². The standard InChI is InChI=1S/C17H23NO6S/c1-22-17(21)14-8-6-7-13(11-14)12-15-18-25(24-23-15)10-5-3-2-4-9-16(19)20/h6-8,11-12,18,25H,2-5,9-10H2,1H3,(H,19,20)/b15-12-. The van der Waals surface area contributed by atoms with Crippen molar-refractivity contribution in [1.29, 1.82) is 0 Å². The number of unbranched alkanes of at least 4 members (excludes halogenated alkanes) is 3. The van der Waals surface area contributed by atoms with Crippen molar-refractivity contribution in [3.8, 4) is 0 Å². The lowest BCUT2D eigenvalue weighted by Gasteiger charge is -2.09. The third-order valence-corrected chi connectivity index (χ3v) is 5.01. The van der Waals surface area contributed by atoms with E-state index in [1.54, 1.807) is 24.3 Å². The molecule has 25 heavy (non-hydrogen) atoms. The number of benzene rings is 1. The Morgan fingerprint density at radius 3 is 2.84 bits per heavy atom. The number of hydrogen-bond donors (Lipinski definition) is 3. The first-order chi connectivity index (χ1) is 12.1. The summed E-state index contributed by atoms with van der Waals surface area (Å²) in [5, 5.41) is 8.58. The highest BCUT2D eigenvalue weighted by molar-refractivity contribution is 8.11. The predicted molar refractivity (Wildman–Crippen MR) is 95.6 cm³/mol. The highest BCUT2D eigenvalue weighted by Crippen LogP contribution is 2.33. The fourth-order valence-corrected chi connectivity index (χ4v) is 3.56. The lowest BCUT2D eigenvalue weighted by atomic mass is 10.1. The summed E-state index contributed by atoms with van der Waals surface area (Å²) >= 11 is -0.886. The number of ether oxygens (including phenoxy) is 1. The zero-order chi connectivity index (χ0) is 18.1. The van der Waals surface area contributed by atoms with E-state index >= 15 is 0 Å². The van der Waals surface area contributed by atoms with Crippen LogP contribution in [0.4, 0.5) is 0 Å². The number of carboxylic acids is 1. The topological polar surface area (TPSA) is 94.1 Å². The van der Waals surface area contributed by atoms with E-state index in [2.05, 4.69) is 4.72 Å². The molecule has 0 spiro atoms. The van der Waals surface area contributed by atoms with Crippen molar-refractivity contribution >= 4 is 29.4 Å². The molecule has 8 heteroatoms. The van der Waals surface area contributed by atoms with Crippen LogP contribution in [0.1, 0.15) is 48.0 Å². The van der Waals surface area contributed by atoms with Crippen molar-refractivity contribution in [1.82, 2.24) is 4.72 Å². The molecule has 0 radical (unpaired) electrons. The smallest absolute Gasteiger partial charge is 0.337 e. The third-order valence-electron chi connectivity index (χ3n) is 3.56. The van der Waals surface area contributed by atoms with Gasteiger partial charge in [-0.05, 0) is 41.9 Å². The van der Waals surface area contributed by atoms with Crippen molar-refractivity contribution in [2.45, 2.75) is 32.1 Å². The Bertz CT molecular complexity index is 633. The Labute approximate surface area is 149 Å². The van der Waals surface area contributed by atoms with Crippen molar-refractivity contribution in [2.75, 3.05) is 12.9 Å². The Morgan fingerprint density at radius 2 is 2.08 bits per heavy atom. The minimum Gasteiger partial charge on any atom is -0.481 e. The Hall–Kier alpha value is -2.19. The summed E-state index contributed by atoms with van der Waals surface area (Å²) in [6.45, 7) is 0. The van der Waals surface area contributed by atoms with Gasteiger partial charge in [0.1, 0.15) is 0 Å². The second-order valence-electron chi connectivity index (χ2n) is 5.56. The van der Waals surface area contributed by atoms with E-state index in [4.69, 9.17) is 19.1 Å². The van der Waals surface area contributed by atoms with E-state index in [1.165, 1.54) is 7.11 Å². The molecule has 1 aromatic carbocycles. The molecular formula is C17H23NO6S. The van der Waals surface area contributed by atoms with Crippen LogP contribution >= 0.6 is 11.4 Å². The number of esters is 1. The molecule has 1 fully saturated rings. The highest BCUT2D eigenvalue weighted by Gasteiger charge is 2.17. The molecule has 138 valence electrons. The second kappa shape index (κ2) is 9.95. The van der Waals surface area contributed by atoms with Crippen LogP contribution in [-0.4, -0.2) is 29.9 Å². The maximum absolute atomic E-state index is 11.5. The summed E-state index contributed by atoms with van der Waals surface area (Å²) in [4.78, 5) is 27.2. The molecule has 0 aliphatic carbocycles. The fourth-order valence-electron chi connectivity index (χ4n) is 2.30. The molecule has 2 rings (SSSR count). The number of methoxy groups -OCH3 is 1. The minimum atomic E-state index is -0.886. The van der Waals surface area contributed by atoms with Gasteiger partial charge < -0.3 is 14.7 Å². The molecule has 1 atom stereocenters. The Kier molecular flexibility index (Phi) is 7.62. The zero-order valence-electron chi connectivity index (χ0n) is 14.1. The fraction of sp³-hybridized carbons (Fsp3) is 0.412. The average molecular weight is 369 g/mol. The number of hydrogen-bond acceptors (Lipinski definition) is 6. The van der Waals surface area contributed by atoms with Gasteiger partial charge in [0.2, 0.25) is 5.88 Å². The van der Waals surface area contributed by atoms with Crippen LogP contribution in [0.25, 0.3) is 6.08 Å². The first-order valence-electron chi connectivity index (χ1n) is 8.09. The summed E-state index contributed by atoms with van der Waals surface area (Å²) in [5.41, 5.74) is 1.28. The number of carbonyl (C=O) groups is 2. The number of carboxylic acid groups (broad SMARTS) is 1. The molecule has 1 aliphatic rings. The molecule has 0 saturated carbocycles. The Morgan fingerprint density at radius 1 is 1.28 bits per heavy atom. The van der Waals surface area contributed by atoms with Crippen molar-refractivity contribution in [2.24, 2.45) is 0 Å². The largest absolute Gasteiger partial charge is 0.481 e. The number of rotatable bonds is 9. The zero-order valence-corrected chi connectivity index (χ0v) is 15.0. The molecule has 0 aromatic heterocycles. The summed E-state index contributed by atoms with van der Waals surface area (Å²) < 4.78 is 13.2. The van der Waals surface area contributed by atoms with Gasteiger partial charge in [-0.1, -0.05) is 25.0 Å². The monoisotopic (exact) mass is 369 g/mol. The van der Waals surface area contributed by atoms with E-state index in [9.17, 15) is 9.59 Å². The molecule has 0 amide bonds. The number of thiol groups is 1. The minimum absolute atomic E-state index is 0.226. The van der Waals surface area contributed by atoms with Gasteiger partial charge in [-0.2, -0.15) is 0 Å². The van der Waals surface area contributed by atoms with Gasteiger partial charge in [0.15, 0.2) is 0 Å². The van der Waals surface area contributed by atoms with Gasteiger partial charge in [0.05, 0.1) is 12.7 Å². The summed E-state index contributed by atoms with van der Waals surface area (Å²) in [6.07, 6.45) is 5.52. The maximum atomic E-state index is 11.5. The van der Waals surface area contributed by atoms with E-state index in [1.807, 2.05) is 6.07 Å². The van der Waals surface area contributed by atoms with Gasteiger partial charge >= 0.3 is 11.9 Å². The third kappa shape index (κ3) is 6.67. The molecule has 1 aliphatic heterocycles. The van der Waals surface area contributed by atoms with Gasteiger partial charge in [-0.15, -0.1) is 4.33 Å². The number of nitrogens with one attached hydrogen (secondary N) is 1. The van der Waals surface area contributed by atoms with Crippen LogP contribution in [0.2, 0.25) is 0 Å². The molecule has 7 nitrogen and oxygen atoms in total. The molecule has 1 heterocycles. The molecule has 2 N–H and O–H groups in total. The van der Waals surface area contributed by atoms with E-state index in [-0.39, 0.29) is 12.4 Å². The Balaban J connectivity index is 1.75. The number of carbonyl (C=O) groups excluding carboxylic acids is 1. The van der Waals surface area contributed by atoms with E-state index in [0.717, 1.165) is 30.6 Å². The van der Waals surface area contributed by atoms with Crippen LogP contribution in [-0.2, 0) is 18.8 Å². The number of aliphatic carboxylic acids is 1. The van der Waals surface area contributed by atoms with Crippen LogP contribution in [0.3, 0.4) is 0 Å². The first kappa shape index (κ1) is 19.1. The normalized spacial score (nSPS) is 19.2. The lowest BCUT2D eigenvalue weighted by Crippen LogP contribution is -2.04. The van der Waals surface area contributed by atoms with Crippen molar-refractivity contribution in [3.63, 3.8) is 0 Å². The van der Waals surface area contributed by atoms with Gasteiger partial charge in [-0.3, -0.25) is 9.52 Å². The van der Waals surface area contributed by atoms with Gasteiger partial charge in [-0.25, -0.2) is 4.79 Å². The van der Waals surface area contributed by atoms with E-state index < -0.39 is 17.3 Å². The summed E-state index contributed by atoms with van der Waals surface area (Å²) in [6, 6.07) is 7.03. The van der Waals surface area contributed by atoms with E-state index in [0.29, 0.717) is 17.9 Å². The lowest BCUT2D eigenvalue weighted by molar-refractivity contribution is -0.137. The van der Waals surface area contributed by atoms with Crippen LogP contribution in [0.15, 0.2) is 30.1 Å². The highest BCUT2D eigenvalue weighted by atomic mass is 32.2. The SMILES string of the molecule is COC(=O)c1cccc(/C=C2/N[SH](CCCCCCC(=O)O)OO2)c1. The first-order valence-corrected chi connectivity index (χ1v) is 9.53. The quantitative estimate of drug-likeness (QED) is 0.266. The summed E-state index contributed by atoms with van der Waals surface area (Å²) in [5.74, 6) is 0.215. The molecular weight excluding hydrogens is 346 g/mol. The second-order valence-corrected chi connectivity index (χ2v) is 7.13. The maximum Gasteiger partial charge on any atom is 0.337 e. The van der Waals surface area contributed by atoms with Gasteiger partial charge in [0, 0.05) is 18.2 Å². The van der Waals surface area contributed by atoms with Crippen LogP contribution in [0.5, 0.6) is 0 Å².